The standard InChI is InChI=1S/C11H18N2O3/c14-7-8-3-4-13(6-8)11(16)9-1-2-10(15)12-5-9/h8-9,14H,1-7H2,(H,12,15). The average molecular weight is 226 g/mol. The number of amides is 2. The van der Waals surface area contributed by atoms with E-state index in [1.807, 2.05) is 4.90 Å². The van der Waals surface area contributed by atoms with Crippen molar-refractivity contribution in [2.45, 2.75) is 19.3 Å². The van der Waals surface area contributed by atoms with Crippen LogP contribution in [0.3, 0.4) is 0 Å². The number of hydrogen-bond donors (Lipinski definition) is 2. The highest BCUT2D eigenvalue weighted by Gasteiger charge is 2.32. The van der Waals surface area contributed by atoms with Crippen molar-refractivity contribution in [2.75, 3.05) is 26.2 Å². The largest absolute Gasteiger partial charge is 0.396 e. The number of rotatable bonds is 2. The third kappa shape index (κ3) is 2.35. The molecular formula is C11H18N2O3. The third-order valence-electron chi connectivity index (χ3n) is 3.47. The topological polar surface area (TPSA) is 69.6 Å². The van der Waals surface area contributed by atoms with Crippen molar-refractivity contribution in [2.24, 2.45) is 11.8 Å². The molecule has 0 radical (unpaired) electrons. The summed E-state index contributed by atoms with van der Waals surface area (Å²) in [4.78, 5) is 24.9. The van der Waals surface area contributed by atoms with Crippen molar-refractivity contribution in [3.63, 3.8) is 0 Å². The maximum Gasteiger partial charge on any atom is 0.227 e. The van der Waals surface area contributed by atoms with Crippen LogP contribution in [-0.4, -0.2) is 48.1 Å². The lowest BCUT2D eigenvalue weighted by Gasteiger charge is -2.26. The molecule has 0 aromatic carbocycles. The molecule has 2 amide bonds. The van der Waals surface area contributed by atoms with E-state index in [2.05, 4.69) is 5.32 Å². The Morgan fingerprint density at radius 3 is 2.88 bits per heavy atom. The Balaban J connectivity index is 1.86. The van der Waals surface area contributed by atoms with Crippen LogP contribution in [0, 0.1) is 11.8 Å². The number of aliphatic hydroxyl groups is 1. The molecule has 2 saturated heterocycles. The van der Waals surface area contributed by atoms with Gasteiger partial charge in [-0.3, -0.25) is 9.59 Å². The molecule has 90 valence electrons. The van der Waals surface area contributed by atoms with Gasteiger partial charge in [0.2, 0.25) is 11.8 Å². The van der Waals surface area contributed by atoms with E-state index >= 15 is 0 Å². The van der Waals surface area contributed by atoms with E-state index in [0.717, 1.165) is 13.0 Å². The number of carbonyl (C=O) groups is 2. The van der Waals surface area contributed by atoms with Crippen LogP contribution in [0.1, 0.15) is 19.3 Å². The van der Waals surface area contributed by atoms with Crippen LogP contribution in [-0.2, 0) is 9.59 Å². The summed E-state index contributed by atoms with van der Waals surface area (Å²) >= 11 is 0. The molecule has 2 heterocycles. The highest BCUT2D eigenvalue weighted by atomic mass is 16.3. The molecule has 2 N–H and O–H groups in total. The van der Waals surface area contributed by atoms with Crippen LogP contribution < -0.4 is 5.32 Å². The van der Waals surface area contributed by atoms with Crippen LogP contribution in [0.5, 0.6) is 0 Å². The Morgan fingerprint density at radius 1 is 1.50 bits per heavy atom. The highest BCUT2D eigenvalue weighted by Crippen LogP contribution is 2.20. The van der Waals surface area contributed by atoms with E-state index in [0.29, 0.717) is 25.9 Å². The molecule has 5 heteroatoms. The van der Waals surface area contributed by atoms with E-state index in [1.165, 1.54) is 0 Å². The molecule has 0 aliphatic carbocycles. The molecule has 0 bridgehead atoms. The van der Waals surface area contributed by atoms with Crippen molar-refractivity contribution in [1.29, 1.82) is 0 Å². The van der Waals surface area contributed by atoms with Crippen molar-refractivity contribution in [1.82, 2.24) is 10.2 Å². The van der Waals surface area contributed by atoms with Crippen LogP contribution in [0.2, 0.25) is 0 Å². The fraction of sp³-hybridized carbons (Fsp3) is 0.818. The second kappa shape index (κ2) is 4.82. The van der Waals surface area contributed by atoms with Crippen LogP contribution in [0.4, 0.5) is 0 Å². The van der Waals surface area contributed by atoms with Gasteiger partial charge in [0, 0.05) is 38.6 Å². The summed E-state index contributed by atoms with van der Waals surface area (Å²) in [5.41, 5.74) is 0. The smallest absolute Gasteiger partial charge is 0.227 e. The van der Waals surface area contributed by atoms with E-state index in [-0.39, 0.29) is 30.3 Å². The number of likely N-dealkylation sites (tertiary alicyclic amines) is 1. The summed E-state index contributed by atoms with van der Waals surface area (Å²) in [6.07, 6.45) is 2.00. The summed E-state index contributed by atoms with van der Waals surface area (Å²) < 4.78 is 0. The Morgan fingerprint density at radius 2 is 2.31 bits per heavy atom. The van der Waals surface area contributed by atoms with Crippen molar-refractivity contribution in [3.8, 4) is 0 Å². The van der Waals surface area contributed by atoms with Gasteiger partial charge in [0.15, 0.2) is 0 Å². The molecule has 0 spiro atoms. The maximum absolute atomic E-state index is 12.1. The van der Waals surface area contributed by atoms with Crippen molar-refractivity contribution >= 4 is 11.8 Å². The Hall–Kier alpha value is -1.10. The van der Waals surface area contributed by atoms with E-state index < -0.39 is 0 Å². The molecule has 2 atom stereocenters. The minimum absolute atomic E-state index is 0.0405. The number of piperidine rings is 1. The molecule has 16 heavy (non-hydrogen) atoms. The predicted octanol–water partition coefficient (Wildman–Crippen LogP) is -0.647. The molecule has 0 aromatic heterocycles. The summed E-state index contributed by atoms with van der Waals surface area (Å²) in [7, 11) is 0. The Bertz CT molecular complexity index is 283. The summed E-state index contributed by atoms with van der Waals surface area (Å²) in [5, 5.41) is 11.7. The van der Waals surface area contributed by atoms with E-state index in [4.69, 9.17) is 5.11 Å². The maximum atomic E-state index is 12.1. The van der Waals surface area contributed by atoms with Gasteiger partial charge in [0.05, 0.1) is 5.92 Å². The van der Waals surface area contributed by atoms with Gasteiger partial charge in [0.1, 0.15) is 0 Å². The molecular weight excluding hydrogens is 208 g/mol. The van der Waals surface area contributed by atoms with Crippen LogP contribution in [0.25, 0.3) is 0 Å². The minimum atomic E-state index is -0.0601. The zero-order valence-corrected chi connectivity index (χ0v) is 9.32. The van der Waals surface area contributed by atoms with Crippen molar-refractivity contribution in [3.05, 3.63) is 0 Å². The lowest BCUT2D eigenvalue weighted by Crippen LogP contribution is -2.44. The molecule has 5 nitrogen and oxygen atoms in total. The SMILES string of the molecule is O=C1CCC(C(=O)N2CCC(CO)C2)CN1. The molecule has 2 rings (SSSR count). The van der Waals surface area contributed by atoms with Gasteiger partial charge in [-0.25, -0.2) is 0 Å². The summed E-state index contributed by atoms with van der Waals surface area (Å²) in [6, 6.07) is 0. The van der Waals surface area contributed by atoms with Gasteiger partial charge in [-0.2, -0.15) is 0 Å². The quantitative estimate of drug-likeness (QED) is 0.657. The first-order valence-corrected chi connectivity index (χ1v) is 5.87. The fourth-order valence-electron chi connectivity index (χ4n) is 2.38. The molecule has 2 aliphatic rings. The summed E-state index contributed by atoms with van der Waals surface area (Å²) in [5.74, 6) is 0.354. The average Bonchev–Trinajstić information content (AvgIpc) is 2.77. The number of nitrogens with zero attached hydrogens (tertiary/aromatic N) is 1. The molecule has 2 fully saturated rings. The van der Waals surface area contributed by atoms with Crippen LogP contribution in [0.15, 0.2) is 0 Å². The number of hydrogen-bond acceptors (Lipinski definition) is 3. The molecule has 0 aromatic rings. The minimum Gasteiger partial charge on any atom is -0.396 e. The zero-order valence-electron chi connectivity index (χ0n) is 9.32. The van der Waals surface area contributed by atoms with Gasteiger partial charge in [-0.15, -0.1) is 0 Å². The first-order valence-electron chi connectivity index (χ1n) is 5.87. The zero-order chi connectivity index (χ0) is 11.5. The van der Waals surface area contributed by atoms with E-state index in [9.17, 15) is 9.59 Å². The Kier molecular flexibility index (Phi) is 3.43. The van der Waals surface area contributed by atoms with Gasteiger partial charge in [-0.1, -0.05) is 0 Å². The first-order chi connectivity index (χ1) is 7.70. The normalized spacial score (nSPS) is 30.3. The second-order valence-electron chi connectivity index (χ2n) is 4.66. The second-order valence-corrected chi connectivity index (χ2v) is 4.66. The molecule has 0 saturated carbocycles. The number of nitrogens with one attached hydrogen (secondary N) is 1. The summed E-state index contributed by atoms with van der Waals surface area (Å²) in [6.45, 7) is 2.04. The highest BCUT2D eigenvalue weighted by molar-refractivity contribution is 5.83. The first kappa shape index (κ1) is 11.4. The number of carbonyl (C=O) groups excluding carboxylic acids is 2. The third-order valence-corrected chi connectivity index (χ3v) is 3.47. The molecule has 2 unspecified atom stereocenters. The van der Waals surface area contributed by atoms with Gasteiger partial charge in [0.25, 0.3) is 0 Å². The van der Waals surface area contributed by atoms with E-state index in [1.54, 1.807) is 0 Å². The lowest BCUT2D eigenvalue weighted by molar-refractivity contribution is -0.136. The fourth-order valence-corrected chi connectivity index (χ4v) is 2.38. The van der Waals surface area contributed by atoms with Gasteiger partial charge < -0.3 is 15.3 Å². The van der Waals surface area contributed by atoms with Gasteiger partial charge >= 0.3 is 0 Å². The van der Waals surface area contributed by atoms with Crippen molar-refractivity contribution < 1.29 is 14.7 Å². The molecule has 2 aliphatic heterocycles. The lowest BCUT2D eigenvalue weighted by atomic mass is 9.98. The van der Waals surface area contributed by atoms with Gasteiger partial charge in [-0.05, 0) is 12.8 Å². The predicted molar refractivity (Wildman–Crippen MR) is 57.5 cm³/mol. The monoisotopic (exact) mass is 226 g/mol. The number of aliphatic hydroxyl groups excluding tert-OH is 1. The van der Waals surface area contributed by atoms with Crippen LogP contribution >= 0.6 is 0 Å². The Labute approximate surface area is 94.8 Å².